The summed E-state index contributed by atoms with van der Waals surface area (Å²) in [5.41, 5.74) is 1.11. The number of carbonyl (C=O) groups is 2. The van der Waals surface area contributed by atoms with Gasteiger partial charge in [0.05, 0.1) is 6.42 Å². The highest BCUT2D eigenvalue weighted by atomic mass is 16.4. The van der Waals surface area contributed by atoms with Crippen LogP contribution in [0.15, 0.2) is 24.3 Å². The summed E-state index contributed by atoms with van der Waals surface area (Å²) in [5.74, 6) is -0.797. The van der Waals surface area contributed by atoms with E-state index in [-0.39, 0.29) is 18.9 Å². The lowest BCUT2D eigenvalue weighted by molar-refractivity contribution is -0.137. The highest BCUT2D eigenvalue weighted by Crippen LogP contribution is 2.16. The zero-order valence-electron chi connectivity index (χ0n) is 10.8. The number of hydrogen-bond acceptors (Lipinski definition) is 5. The van der Waals surface area contributed by atoms with Crippen molar-refractivity contribution in [2.75, 3.05) is 13.6 Å². The Morgan fingerprint density at radius 1 is 1.40 bits per heavy atom. The molecule has 104 valence electrons. The molecule has 8 heteroatoms. The van der Waals surface area contributed by atoms with Crippen molar-refractivity contribution in [2.24, 2.45) is 0 Å². The SMILES string of the molecule is CN(CCC(=O)O)C(=O)c1cccc(-c2nn[nH]n2)c1. The summed E-state index contributed by atoms with van der Waals surface area (Å²) in [4.78, 5) is 24.0. The maximum atomic E-state index is 12.1. The van der Waals surface area contributed by atoms with Crippen molar-refractivity contribution in [1.82, 2.24) is 25.5 Å². The van der Waals surface area contributed by atoms with Gasteiger partial charge >= 0.3 is 5.97 Å². The molecule has 1 aromatic heterocycles. The third-order valence-electron chi connectivity index (χ3n) is 2.72. The number of H-pyrrole nitrogens is 1. The highest BCUT2D eigenvalue weighted by Gasteiger charge is 2.14. The quantitative estimate of drug-likeness (QED) is 0.817. The average Bonchev–Trinajstić information content (AvgIpc) is 2.98. The Bertz CT molecular complexity index is 611. The van der Waals surface area contributed by atoms with Crippen molar-refractivity contribution >= 4 is 11.9 Å². The van der Waals surface area contributed by atoms with Gasteiger partial charge in [-0.05, 0) is 17.3 Å². The number of nitrogens with one attached hydrogen (secondary N) is 1. The standard InChI is InChI=1S/C12H13N5O3/c1-17(6-5-10(18)19)12(20)9-4-2-3-8(7-9)11-13-15-16-14-11/h2-4,7H,5-6H2,1H3,(H,18,19)(H,13,14,15,16). The fraction of sp³-hybridized carbons (Fsp3) is 0.250. The molecule has 0 aliphatic carbocycles. The number of rotatable bonds is 5. The van der Waals surface area contributed by atoms with Crippen molar-refractivity contribution in [3.8, 4) is 11.4 Å². The number of aliphatic carboxylic acids is 1. The topological polar surface area (TPSA) is 112 Å². The van der Waals surface area contributed by atoms with Crippen LogP contribution >= 0.6 is 0 Å². The molecule has 0 saturated carbocycles. The second kappa shape index (κ2) is 5.91. The molecule has 0 bridgehead atoms. The third-order valence-corrected chi connectivity index (χ3v) is 2.72. The number of carboxylic acids is 1. The average molecular weight is 275 g/mol. The van der Waals surface area contributed by atoms with Gasteiger partial charge < -0.3 is 10.0 Å². The Labute approximate surface area is 114 Å². The molecule has 0 fully saturated rings. The fourth-order valence-electron chi connectivity index (χ4n) is 1.66. The van der Waals surface area contributed by atoms with Gasteiger partial charge in [-0.1, -0.05) is 12.1 Å². The van der Waals surface area contributed by atoms with E-state index in [1.807, 2.05) is 0 Å². The number of hydrogen-bond donors (Lipinski definition) is 2. The summed E-state index contributed by atoms with van der Waals surface area (Å²) in [6.07, 6.45) is -0.0905. The molecule has 0 spiro atoms. The minimum Gasteiger partial charge on any atom is -0.481 e. The van der Waals surface area contributed by atoms with Crippen LogP contribution in [0.25, 0.3) is 11.4 Å². The lowest BCUT2D eigenvalue weighted by Crippen LogP contribution is -2.29. The van der Waals surface area contributed by atoms with Gasteiger partial charge in [0.2, 0.25) is 5.82 Å². The molecule has 0 aliphatic heterocycles. The van der Waals surface area contributed by atoms with Gasteiger partial charge in [0.15, 0.2) is 0 Å². The first-order valence-corrected chi connectivity index (χ1v) is 5.89. The molecule has 0 aliphatic rings. The number of carboxylic acid groups (broad SMARTS) is 1. The highest BCUT2D eigenvalue weighted by molar-refractivity contribution is 5.95. The normalized spacial score (nSPS) is 10.2. The molecule has 0 radical (unpaired) electrons. The molecule has 0 atom stereocenters. The van der Waals surface area contributed by atoms with Crippen LogP contribution in [-0.4, -0.2) is 56.1 Å². The first-order valence-electron chi connectivity index (χ1n) is 5.89. The molecule has 1 aromatic carbocycles. The van der Waals surface area contributed by atoms with E-state index in [9.17, 15) is 9.59 Å². The molecule has 0 unspecified atom stereocenters. The summed E-state index contributed by atoms with van der Waals surface area (Å²) in [5, 5.41) is 22.1. The van der Waals surface area contributed by atoms with E-state index in [0.29, 0.717) is 17.0 Å². The second-order valence-corrected chi connectivity index (χ2v) is 4.19. The summed E-state index contributed by atoms with van der Waals surface area (Å²) in [6, 6.07) is 6.77. The largest absolute Gasteiger partial charge is 0.481 e. The maximum absolute atomic E-state index is 12.1. The molecule has 1 amide bonds. The molecule has 20 heavy (non-hydrogen) atoms. The molecule has 8 nitrogen and oxygen atoms in total. The van der Waals surface area contributed by atoms with Crippen molar-refractivity contribution in [3.63, 3.8) is 0 Å². The van der Waals surface area contributed by atoms with Gasteiger partial charge in [-0.3, -0.25) is 9.59 Å². The zero-order valence-corrected chi connectivity index (χ0v) is 10.8. The van der Waals surface area contributed by atoms with Gasteiger partial charge in [0.25, 0.3) is 5.91 Å². The van der Waals surface area contributed by atoms with Gasteiger partial charge in [-0.25, -0.2) is 0 Å². The summed E-state index contributed by atoms with van der Waals surface area (Å²) < 4.78 is 0. The number of benzene rings is 1. The van der Waals surface area contributed by atoms with E-state index >= 15 is 0 Å². The molecular weight excluding hydrogens is 262 g/mol. The zero-order chi connectivity index (χ0) is 14.5. The Hall–Kier alpha value is -2.77. The van der Waals surface area contributed by atoms with E-state index < -0.39 is 5.97 Å². The minimum atomic E-state index is -0.940. The van der Waals surface area contributed by atoms with Crippen LogP contribution in [0.3, 0.4) is 0 Å². The van der Waals surface area contributed by atoms with E-state index in [0.717, 1.165) is 0 Å². The molecule has 2 N–H and O–H groups in total. The fourth-order valence-corrected chi connectivity index (χ4v) is 1.66. The first kappa shape index (κ1) is 13.7. The van der Waals surface area contributed by atoms with Crippen LogP contribution in [0.5, 0.6) is 0 Å². The van der Waals surface area contributed by atoms with Crippen molar-refractivity contribution in [3.05, 3.63) is 29.8 Å². The van der Waals surface area contributed by atoms with E-state index in [1.165, 1.54) is 4.90 Å². The van der Waals surface area contributed by atoms with Gasteiger partial charge in [-0.15, -0.1) is 10.2 Å². The molecule has 2 rings (SSSR count). The van der Waals surface area contributed by atoms with Crippen LogP contribution in [0.4, 0.5) is 0 Å². The van der Waals surface area contributed by atoms with Gasteiger partial charge in [0, 0.05) is 24.7 Å². The van der Waals surface area contributed by atoms with Crippen LogP contribution in [0.2, 0.25) is 0 Å². The number of aromatic nitrogens is 4. The Morgan fingerprint density at radius 3 is 2.85 bits per heavy atom. The molecular formula is C12H13N5O3. The molecule has 0 saturated heterocycles. The van der Waals surface area contributed by atoms with Crippen molar-refractivity contribution in [1.29, 1.82) is 0 Å². The number of carbonyl (C=O) groups excluding carboxylic acids is 1. The number of nitrogens with zero attached hydrogens (tertiary/aromatic N) is 4. The lowest BCUT2D eigenvalue weighted by Gasteiger charge is -2.16. The van der Waals surface area contributed by atoms with Crippen LogP contribution in [-0.2, 0) is 4.79 Å². The summed E-state index contributed by atoms with van der Waals surface area (Å²) >= 11 is 0. The number of amides is 1. The third kappa shape index (κ3) is 3.16. The Kier molecular flexibility index (Phi) is 4.04. The Balaban J connectivity index is 2.14. The van der Waals surface area contributed by atoms with Crippen molar-refractivity contribution < 1.29 is 14.7 Å². The smallest absolute Gasteiger partial charge is 0.305 e. The lowest BCUT2D eigenvalue weighted by atomic mass is 10.1. The summed E-state index contributed by atoms with van der Waals surface area (Å²) in [7, 11) is 1.56. The monoisotopic (exact) mass is 275 g/mol. The van der Waals surface area contributed by atoms with E-state index in [4.69, 9.17) is 5.11 Å². The molecule has 1 heterocycles. The van der Waals surface area contributed by atoms with Crippen LogP contribution in [0, 0.1) is 0 Å². The van der Waals surface area contributed by atoms with Crippen LogP contribution < -0.4 is 0 Å². The van der Waals surface area contributed by atoms with Crippen LogP contribution in [0.1, 0.15) is 16.8 Å². The second-order valence-electron chi connectivity index (χ2n) is 4.19. The predicted octanol–water partition coefficient (Wildman–Crippen LogP) is 0.413. The van der Waals surface area contributed by atoms with E-state index in [1.54, 1.807) is 31.3 Å². The molecule has 2 aromatic rings. The van der Waals surface area contributed by atoms with E-state index in [2.05, 4.69) is 20.6 Å². The van der Waals surface area contributed by atoms with Gasteiger partial charge in [-0.2, -0.15) is 5.21 Å². The van der Waals surface area contributed by atoms with Crippen molar-refractivity contribution in [2.45, 2.75) is 6.42 Å². The Morgan fingerprint density at radius 2 is 2.20 bits per heavy atom. The van der Waals surface area contributed by atoms with Gasteiger partial charge in [0.1, 0.15) is 0 Å². The minimum absolute atomic E-state index is 0.0905. The predicted molar refractivity (Wildman–Crippen MR) is 68.8 cm³/mol. The number of tetrazole rings is 1. The first-order chi connectivity index (χ1) is 9.58. The number of aromatic amines is 1. The summed E-state index contributed by atoms with van der Waals surface area (Å²) in [6.45, 7) is 0.153. The maximum Gasteiger partial charge on any atom is 0.305 e.